The number of ether oxygens (including phenoxy) is 2. The Balaban J connectivity index is 1.69. The summed E-state index contributed by atoms with van der Waals surface area (Å²) in [5.41, 5.74) is 0.623. The summed E-state index contributed by atoms with van der Waals surface area (Å²) in [6.45, 7) is 2.22. The Morgan fingerprint density at radius 3 is 2.16 bits per heavy atom. The molecule has 0 atom stereocenters. The second kappa shape index (κ2) is 8.15. The number of para-hydroxylation sites is 2. The third kappa shape index (κ3) is 4.01. The van der Waals surface area contributed by atoms with Crippen LogP contribution in [0.1, 0.15) is 57.4 Å². The third-order valence-electron chi connectivity index (χ3n) is 4.61. The van der Waals surface area contributed by atoms with Gasteiger partial charge < -0.3 is 19.7 Å². The van der Waals surface area contributed by atoms with Gasteiger partial charge in [0.25, 0.3) is 0 Å². The molecule has 2 aromatic rings. The first-order valence-corrected chi connectivity index (χ1v) is 9.23. The van der Waals surface area contributed by atoms with Gasteiger partial charge in [0, 0.05) is 11.6 Å². The molecule has 0 saturated heterocycles. The number of phenolic OH excluding ortho intramolecular Hbond substituents is 2. The van der Waals surface area contributed by atoms with Crippen LogP contribution in [0.2, 0.25) is 0 Å². The van der Waals surface area contributed by atoms with Gasteiger partial charge in [-0.05, 0) is 25.0 Å². The quantitative estimate of drug-likeness (QED) is 0.373. The van der Waals surface area contributed by atoms with E-state index in [1.54, 1.807) is 0 Å². The van der Waals surface area contributed by atoms with Crippen LogP contribution in [0.3, 0.4) is 0 Å². The summed E-state index contributed by atoms with van der Waals surface area (Å²) < 4.78 is 11.8. The van der Waals surface area contributed by atoms with E-state index in [0.29, 0.717) is 35.0 Å². The second-order valence-corrected chi connectivity index (χ2v) is 6.57. The highest BCUT2D eigenvalue weighted by Crippen LogP contribution is 2.52. The largest absolute Gasteiger partial charge is 0.504 e. The average molecular weight is 342 g/mol. The summed E-state index contributed by atoms with van der Waals surface area (Å²) in [5, 5.41) is 20.3. The first-order valence-electron chi connectivity index (χ1n) is 9.23. The fourth-order valence-corrected chi connectivity index (χ4v) is 3.19. The second-order valence-electron chi connectivity index (χ2n) is 6.57. The molecule has 3 rings (SSSR count). The van der Waals surface area contributed by atoms with Crippen LogP contribution in [-0.4, -0.2) is 10.2 Å². The van der Waals surface area contributed by atoms with Gasteiger partial charge in [0.15, 0.2) is 34.5 Å². The fourth-order valence-electron chi connectivity index (χ4n) is 3.19. The van der Waals surface area contributed by atoms with E-state index in [1.807, 2.05) is 24.3 Å². The van der Waals surface area contributed by atoms with Crippen LogP contribution in [-0.2, 0) is 6.42 Å². The number of benzene rings is 2. The molecule has 0 radical (unpaired) electrons. The Kier molecular flexibility index (Phi) is 5.69. The first kappa shape index (κ1) is 17.5. The summed E-state index contributed by atoms with van der Waals surface area (Å²) >= 11 is 0. The van der Waals surface area contributed by atoms with E-state index in [4.69, 9.17) is 9.47 Å². The molecule has 1 heterocycles. The van der Waals surface area contributed by atoms with Gasteiger partial charge in [-0.15, -0.1) is 0 Å². The minimum absolute atomic E-state index is 0.104. The van der Waals surface area contributed by atoms with E-state index in [1.165, 1.54) is 38.2 Å². The van der Waals surface area contributed by atoms with Crippen molar-refractivity contribution in [3.63, 3.8) is 0 Å². The van der Waals surface area contributed by atoms with Crippen LogP contribution in [0.25, 0.3) is 0 Å². The molecule has 2 N–H and O–H groups in total. The van der Waals surface area contributed by atoms with Gasteiger partial charge in [0.2, 0.25) is 0 Å². The Labute approximate surface area is 149 Å². The smallest absolute Gasteiger partial charge is 0.177 e. The Morgan fingerprint density at radius 1 is 0.800 bits per heavy atom. The molecular formula is C21H26O4. The van der Waals surface area contributed by atoms with E-state index in [-0.39, 0.29) is 11.5 Å². The number of aromatic hydroxyl groups is 2. The highest BCUT2D eigenvalue weighted by Gasteiger charge is 2.25. The third-order valence-corrected chi connectivity index (χ3v) is 4.61. The Bertz CT molecular complexity index is 724. The Hall–Kier alpha value is -2.36. The average Bonchev–Trinajstić information content (AvgIpc) is 2.62. The van der Waals surface area contributed by atoms with Crippen molar-refractivity contribution in [1.82, 2.24) is 0 Å². The summed E-state index contributed by atoms with van der Waals surface area (Å²) in [6.07, 6.45) is 8.99. The van der Waals surface area contributed by atoms with Gasteiger partial charge in [-0.1, -0.05) is 57.6 Å². The van der Waals surface area contributed by atoms with Gasteiger partial charge in [0.1, 0.15) is 0 Å². The monoisotopic (exact) mass is 342 g/mol. The molecule has 0 aromatic heterocycles. The Morgan fingerprint density at radius 2 is 1.44 bits per heavy atom. The SMILES string of the molecule is CCCCCCCCCc1c(O)c(O)cc2c1Oc1ccccc1O2. The van der Waals surface area contributed by atoms with Crippen LogP contribution in [0.5, 0.6) is 34.5 Å². The van der Waals surface area contributed by atoms with Crippen molar-refractivity contribution in [2.45, 2.75) is 58.3 Å². The van der Waals surface area contributed by atoms with Gasteiger partial charge in [-0.3, -0.25) is 0 Å². The summed E-state index contributed by atoms with van der Waals surface area (Å²) in [7, 11) is 0. The van der Waals surface area contributed by atoms with E-state index in [0.717, 1.165) is 12.8 Å². The van der Waals surface area contributed by atoms with Crippen molar-refractivity contribution in [2.24, 2.45) is 0 Å². The zero-order valence-corrected chi connectivity index (χ0v) is 14.8. The van der Waals surface area contributed by atoms with Crippen molar-refractivity contribution in [2.75, 3.05) is 0 Å². The van der Waals surface area contributed by atoms with E-state index in [9.17, 15) is 10.2 Å². The highest BCUT2D eigenvalue weighted by molar-refractivity contribution is 5.64. The summed E-state index contributed by atoms with van der Waals surface area (Å²) in [4.78, 5) is 0. The predicted molar refractivity (Wildman–Crippen MR) is 98.1 cm³/mol. The lowest BCUT2D eigenvalue weighted by Gasteiger charge is -2.23. The fraction of sp³-hybridized carbons (Fsp3) is 0.429. The maximum Gasteiger partial charge on any atom is 0.177 e. The van der Waals surface area contributed by atoms with Crippen molar-refractivity contribution < 1.29 is 19.7 Å². The minimum atomic E-state index is -0.167. The van der Waals surface area contributed by atoms with Crippen molar-refractivity contribution in [1.29, 1.82) is 0 Å². The lowest BCUT2D eigenvalue weighted by molar-refractivity contribution is 0.340. The van der Waals surface area contributed by atoms with Crippen LogP contribution < -0.4 is 9.47 Å². The molecule has 0 amide bonds. The highest BCUT2D eigenvalue weighted by atomic mass is 16.6. The van der Waals surface area contributed by atoms with Gasteiger partial charge in [-0.25, -0.2) is 0 Å². The van der Waals surface area contributed by atoms with E-state index in [2.05, 4.69) is 6.92 Å². The van der Waals surface area contributed by atoms with E-state index >= 15 is 0 Å². The molecule has 0 aliphatic carbocycles. The maximum atomic E-state index is 10.3. The molecular weight excluding hydrogens is 316 g/mol. The molecule has 0 saturated carbocycles. The number of hydrogen-bond donors (Lipinski definition) is 2. The van der Waals surface area contributed by atoms with Crippen molar-refractivity contribution in [3.05, 3.63) is 35.9 Å². The van der Waals surface area contributed by atoms with Crippen molar-refractivity contribution >= 4 is 0 Å². The lowest BCUT2D eigenvalue weighted by Crippen LogP contribution is -2.02. The lowest BCUT2D eigenvalue weighted by atomic mass is 10.0. The molecule has 1 aliphatic rings. The molecule has 4 nitrogen and oxygen atoms in total. The van der Waals surface area contributed by atoms with Gasteiger partial charge in [0.05, 0.1) is 0 Å². The van der Waals surface area contributed by atoms with Crippen LogP contribution >= 0.6 is 0 Å². The van der Waals surface area contributed by atoms with Crippen LogP contribution in [0.15, 0.2) is 30.3 Å². The molecule has 0 fully saturated rings. The normalized spacial score (nSPS) is 12.0. The summed E-state index contributed by atoms with van der Waals surface area (Å²) in [6, 6.07) is 8.81. The molecule has 1 aliphatic heterocycles. The zero-order valence-electron chi connectivity index (χ0n) is 14.8. The number of rotatable bonds is 8. The number of phenols is 2. The molecule has 0 unspecified atom stereocenters. The van der Waals surface area contributed by atoms with Crippen LogP contribution in [0, 0.1) is 0 Å². The molecule has 4 heteroatoms. The topological polar surface area (TPSA) is 58.9 Å². The zero-order chi connectivity index (χ0) is 17.6. The summed E-state index contributed by atoms with van der Waals surface area (Å²) in [5.74, 6) is 1.93. The van der Waals surface area contributed by atoms with Gasteiger partial charge in [-0.2, -0.15) is 0 Å². The minimum Gasteiger partial charge on any atom is -0.504 e. The van der Waals surface area contributed by atoms with Crippen molar-refractivity contribution in [3.8, 4) is 34.5 Å². The first-order chi connectivity index (χ1) is 12.2. The molecule has 0 spiro atoms. The molecule has 2 aromatic carbocycles. The molecule has 25 heavy (non-hydrogen) atoms. The number of hydrogen-bond acceptors (Lipinski definition) is 4. The number of fused-ring (bicyclic) bond motifs is 2. The standard InChI is InChI=1S/C21H26O4/c1-2-3-4-5-6-7-8-11-15-20(23)16(22)14-19-21(15)25-18-13-10-9-12-17(18)24-19/h9-10,12-14,22-23H,2-8,11H2,1H3. The van der Waals surface area contributed by atoms with Crippen LogP contribution in [0.4, 0.5) is 0 Å². The van der Waals surface area contributed by atoms with Gasteiger partial charge >= 0.3 is 0 Å². The van der Waals surface area contributed by atoms with E-state index < -0.39 is 0 Å². The molecule has 0 bridgehead atoms. The molecule has 134 valence electrons. The maximum absolute atomic E-state index is 10.3. The predicted octanol–water partition coefficient (Wildman–Crippen LogP) is 6.29. The number of unbranched alkanes of at least 4 members (excludes halogenated alkanes) is 6.